The molecule has 3 aromatic rings. The molecule has 0 heterocycles. The quantitative estimate of drug-likeness (QED) is 0.559. The molecule has 0 bridgehead atoms. The molecule has 7 heteroatoms. The van der Waals surface area contributed by atoms with E-state index in [2.05, 4.69) is 10.6 Å². The zero-order chi connectivity index (χ0) is 20.6. The van der Waals surface area contributed by atoms with E-state index in [-0.39, 0.29) is 18.4 Å². The fourth-order valence-corrected chi connectivity index (χ4v) is 2.82. The zero-order valence-corrected chi connectivity index (χ0v) is 16.8. The average molecular weight is 429 g/mol. The molecular formula is C22H18Cl2N2O3. The maximum absolute atomic E-state index is 12.4. The lowest BCUT2D eigenvalue weighted by molar-refractivity contribution is -0.123. The Morgan fingerprint density at radius 3 is 2.34 bits per heavy atom. The van der Waals surface area contributed by atoms with Crippen molar-refractivity contribution in [1.29, 1.82) is 0 Å². The monoisotopic (exact) mass is 428 g/mol. The first kappa shape index (κ1) is 20.7. The lowest BCUT2D eigenvalue weighted by atomic mass is 10.2. The van der Waals surface area contributed by atoms with Gasteiger partial charge in [0.25, 0.3) is 11.8 Å². The van der Waals surface area contributed by atoms with Crippen molar-refractivity contribution in [2.75, 3.05) is 11.9 Å². The van der Waals surface area contributed by atoms with Gasteiger partial charge in [0.15, 0.2) is 6.61 Å². The summed E-state index contributed by atoms with van der Waals surface area (Å²) in [6.07, 6.45) is 0. The highest BCUT2D eigenvalue weighted by Gasteiger charge is 2.10. The maximum Gasteiger partial charge on any atom is 0.258 e. The van der Waals surface area contributed by atoms with Crippen LogP contribution in [-0.4, -0.2) is 18.4 Å². The topological polar surface area (TPSA) is 67.4 Å². The van der Waals surface area contributed by atoms with Crippen LogP contribution in [0.5, 0.6) is 5.75 Å². The summed E-state index contributed by atoms with van der Waals surface area (Å²) < 4.78 is 5.46. The van der Waals surface area contributed by atoms with Crippen LogP contribution in [0.2, 0.25) is 10.0 Å². The molecule has 0 radical (unpaired) electrons. The molecule has 29 heavy (non-hydrogen) atoms. The van der Waals surface area contributed by atoms with Crippen LogP contribution in [0, 0.1) is 0 Å². The molecule has 5 nitrogen and oxygen atoms in total. The first-order valence-corrected chi connectivity index (χ1v) is 9.57. The first-order chi connectivity index (χ1) is 14.0. The summed E-state index contributed by atoms with van der Waals surface area (Å²) in [4.78, 5) is 24.3. The minimum atomic E-state index is -0.332. The Labute approximate surface area is 178 Å². The highest BCUT2D eigenvalue weighted by atomic mass is 35.5. The van der Waals surface area contributed by atoms with Gasteiger partial charge in [-0.3, -0.25) is 9.59 Å². The summed E-state index contributed by atoms with van der Waals surface area (Å²) >= 11 is 12.0. The molecule has 2 N–H and O–H groups in total. The molecule has 148 valence electrons. The third kappa shape index (κ3) is 6.24. The molecule has 0 aliphatic heterocycles. The van der Waals surface area contributed by atoms with Gasteiger partial charge in [0.1, 0.15) is 5.75 Å². The van der Waals surface area contributed by atoms with Crippen molar-refractivity contribution in [1.82, 2.24) is 5.32 Å². The SMILES string of the molecule is O=C(COc1ccc(C(=O)Nc2cc(Cl)ccc2Cl)cc1)NCc1ccccc1. The van der Waals surface area contributed by atoms with Crippen LogP contribution in [0.1, 0.15) is 15.9 Å². The molecule has 0 aliphatic carbocycles. The molecule has 2 amide bonds. The molecular weight excluding hydrogens is 411 g/mol. The average Bonchev–Trinajstić information content (AvgIpc) is 2.74. The van der Waals surface area contributed by atoms with E-state index in [1.54, 1.807) is 42.5 Å². The van der Waals surface area contributed by atoms with Crippen LogP contribution in [0.3, 0.4) is 0 Å². The van der Waals surface area contributed by atoms with Crippen molar-refractivity contribution in [3.63, 3.8) is 0 Å². The fraction of sp³-hybridized carbons (Fsp3) is 0.0909. The van der Waals surface area contributed by atoms with Crippen molar-refractivity contribution in [3.8, 4) is 5.75 Å². The summed E-state index contributed by atoms with van der Waals surface area (Å²) in [5.74, 6) is -0.0789. The third-order valence-corrected chi connectivity index (χ3v) is 4.56. The summed E-state index contributed by atoms with van der Waals surface area (Å²) in [6.45, 7) is 0.324. The number of ether oxygens (including phenoxy) is 1. The van der Waals surface area contributed by atoms with E-state index in [1.807, 2.05) is 30.3 Å². The fourth-order valence-electron chi connectivity index (χ4n) is 2.49. The lowest BCUT2D eigenvalue weighted by Gasteiger charge is -2.10. The number of halogens is 2. The second kappa shape index (κ2) is 9.96. The Bertz CT molecular complexity index is 993. The highest BCUT2D eigenvalue weighted by Crippen LogP contribution is 2.26. The number of carbonyl (C=O) groups is 2. The van der Waals surface area contributed by atoms with E-state index >= 15 is 0 Å². The van der Waals surface area contributed by atoms with Crippen LogP contribution < -0.4 is 15.4 Å². The van der Waals surface area contributed by atoms with Crippen LogP contribution in [-0.2, 0) is 11.3 Å². The van der Waals surface area contributed by atoms with Gasteiger partial charge in [0.05, 0.1) is 10.7 Å². The summed E-state index contributed by atoms with van der Waals surface area (Å²) in [7, 11) is 0. The Morgan fingerprint density at radius 2 is 1.62 bits per heavy atom. The number of hydrogen-bond acceptors (Lipinski definition) is 3. The van der Waals surface area contributed by atoms with Crippen LogP contribution in [0.25, 0.3) is 0 Å². The standard InChI is InChI=1S/C22H18Cl2N2O3/c23-17-8-11-19(24)20(12-17)26-22(28)16-6-9-18(10-7-16)29-14-21(27)25-13-15-4-2-1-3-5-15/h1-12H,13-14H2,(H,25,27)(H,26,28). The summed E-state index contributed by atoms with van der Waals surface area (Å²) in [5, 5.41) is 6.36. The van der Waals surface area contributed by atoms with E-state index in [0.717, 1.165) is 5.56 Å². The summed E-state index contributed by atoms with van der Waals surface area (Å²) in [6, 6.07) is 20.9. The van der Waals surface area contributed by atoms with Gasteiger partial charge in [0.2, 0.25) is 0 Å². The Morgan fingerprint density at radius 1 is 0.897 bits per heavy atom. The zero-order valence-electron chi connectivity index (χ0n) is 15.3. The Hall–Kier alpha value is -3.02. The van der Waals surface area contributed by atoms with Crippen molar-refractivity contribution in [2.45, 2.75) is 6.54 Å². The van der Waals surface area contributed by atoms with Crippen LogP contribution in [0.4, 0.5) is 5.69 Å². The normalized spacial score (nSPS) is 10.3. The number of rotatable bonds is 7. The molecule has 0 unspecified atom stereocenters. The Balaban J connectivity index is 1.50. The van der Waals surface area contributed by atoms with Crippen LogP contribution >= 0.6 is 23.2 Å². The van der Waals surface area contributed by atoms with Gasteiger partial charge in [-0.25, -0.2) is 0 Å². The molecule has 0 saturated carbocycles. The molecule has 0 fully saturated rings. The van der Waals surface area contributed by atoms with E-state index in [4.69, 9.17) is 27.9 Å². The van der Waals surface area contributed by atoms with Gasteiger partial charge < -0.3 is 15.4 Å². The number of anilines is 1. The summed E-state index contributed by atoms with van der Waals surface area (Å²) in [5.41, 5.74) is 1.86. The predicted octanol–water partition coefficient (Wildman–Crippen LogP) is 4.94. The smallest absolute Gasteiger partial charge is 0.258 e. The third-order valence-electron chi connectivity index (χ3n) is 4.00. The molecule has 3 rings (SSSR count). The lowest BCUT2D eigenvalue weighted by Crippen LogP contribution is -2.28. The highest BCUT2D eigenvalue weighted by molar-refractivity contribution is 6.35. The van der Waals surface area contributed by atoms with Gasteiger partial charge >= 0.3 is 0 Å². The number of amides is 2. The second-order valence-corrected chi connectivity index (χ2v) is 7.00. The number of hydrogen-bond donors (Lipinski definition) is 2. The largest absolute Gasteiger partial charge is 0.484 e. The number of nitrogens with one attached hydrogen (secondary N) is 2. The Kier molecular flexibility index (Phi) is 7.11. The minimum Gasteiger partial charge on any atom is -0.484 e. The van der Waals surface area contributed by atoms with Gasteiger partial charge in [-0.1, -0.05) is 53.5 Å². The van der Waals surface area contributed by atoms with Crippen molar-refractivity contribution < 1.29 is 14.3 Å². The van der Waals surface area contributed by atoms with Crippen molar-refractivity contribution in [2.24, 2.45) is 0 Å². The van der Waals surface area contributed by atoms with Gasteiger partial charge in [0, 0.05) is 17.1 Å². The first-order valence-electron chi connectivity index (χ1n) is 8.81. The molecule has 0 spiro atoms. The maximum atomic E-state index is 12.4. The van der Waals surface area contributed by atoms with E-state index in [9.17, 15) is 9.59 Å². The molecule has 0 atom stereocenters. The van der Waals surface area contributed by atoms with Crippen molar-refractivity contribution >= 4 is 40.7 Å². The van der Waals surface area contributed by atoms with Gasteiger partial charge in [-0.15, -0.1) is 0 Å². The van der Waals surface area contributed by atoms with E-state index in [1.165, 1.54) is 0 Å². The van der Waals surface area contributed by atoms with Gasteiger partial charge in [-0.2, -0.15) is 0 Å². The van der Waals surface area contributed by atoms with E-state index < -0.39 is 0 Å². The number of carbonyl (C=O) groups excluding carboxylic acids is 2. The molecule has 0 saturated heterocycles. The van der Waals surface area contributed by atoms with E-state index in [0.29, 0.717) is 33.6 Å². The molecule has 0 aromatic heterocycles. The van der Waals surface area contributed by atoms with Gasteiger partial charge in [-0.05, 0) is 48.0 Å². The molecule has 3 aromatic carbocycles. The molecule has 0 aliphatic rings. The predicted molar refractivity (Wildman–Crippen MR) is 115 cm³/mol. The van der Waals surface area contributed by atoms with Crippen molar-refractivity contribution in [3.05, 3.63) is 94.0 Å². The van der Waals surface area contributed by atoms with Crippen LogP contribution in [0.15, 0.2) is 72.8 Å². The number of benzene rings is 3. The minimum absolute atomic E-state index is 0.115. The second-order valence-electron chi connectivity index (χ2n) is 6.15.